The fraction of sp³-hybridized carbons (Fsp3) is 0.300. The van der Waals surface area contributed by atoms with Crippen molar-refractivity contribution in [3.8, 4) is 0 Å². The molecule has 1 heterocycles. The fourth-order valence-electron chi connectivity index (χ4n) is 1.72. The maximum absolute atomic E-state index is 12.9. The Bertz CT molecular complexity index is 502. The van der Waals surface area contributed by atoms with Gasteiger partial charge >= 0.3 is 0 Å². The number of nitrogens with zero attached hydrogens (tertiary/aromatic N) is 2. The van der Waals surface area contributed by atoms with Crippen LogP contribution in [0.4, 0.5) is 4.39 Å². The van der Waals surface area contributed by atoms with Gasteiger partial charge in [0.05, 0.1) is 11.0 Å². The minimum absolute atomic E-state index is 0.269. The van der Waals surface area contributed by atoms with E-state index in [1.807, 2.05) is 4.57 Å². The highest BCUT2D eigenvalue weighted by atomic mass is 35.5. The van der Waals surface area contributed by atoms with Crippen LogP contribution >= 0.6 is 11.6 Å². The third-order valence-corrected chi connectivity index (χ3v) is 2.79. The smallest absolute Gasteiger partial charge is 0.204 e. The van der Waals surface area contributed by atoms with Crippen molar-refractivity contribution in [1.82, 2.24) is 9.55 Å². The van der Waals surface area contributed by atoms with E-state index in [0.29, 0.717) is 16.8 Å². The van der Waals surface area contributed by atoms with Crippen LogP contribution in [0.3, 0.4) is 0 Å². The molecule has 3 rings (SSSR count). The summed E-state index contributed by atoms with van der Waals surface area (Å²) in [6.45, 7) is 0. The zero-order valence-corrected chi connectivity index (χ0v) is 8.13. The largest absolute Gasteiger partial charge is 0.312 e. The van der Waals surface area contributed by atoms with Gasteiger partial charge in [-0.25, -0.2) is 9.37 Å². The average molecular weight is 211 g/mol. The summed E-state index contributed by atoms with van der Waals surface area (Å²) in [4.78, 5) is 4.12. The van der Waals surface area contributed by atoms with Gasteiger partial charge in [0, 0.05) is 12.1 Å². The summed E-state index contributed by atoms with van der Waals surface area (Å²) in [6, 6.07) is 5.07. The van der Waals surface area contributed by atoms with E-state index < -0.39 is 0 Å². The fourth-order valence-corrected chi connectivity index (χ4v) is 2.04. The van der Waals surface area contributed by atoms with E-state index in [-0.39, 0.29) is 5.82 Å². The second kappa shape index (κ2) is 2.70. The van der Waals surface area contributed by atoms with Crippen LogP contribution in [0.1, 0.15) is 18.9 Å². The number of rotatable bonds is 1. The lowest BCUT2D eigenvalue weighted by Crippen LogP contribution is -1.92. The van der Waals surface area contributed by atoms with Gasteiger partial charge in [-0.15, -0.1) is 0 Å². The summed E-state index contributed by atoms with van der Waals surface area (Å²) in [5.41, 5.74) is 1.57. The maximum Gasteiger partial charge on any atom is 0.204 e. The molecule has 0 aliphatic heterocycles. The third kappa shape index (κ3) is 1.12. The van der Waals surface area contributed by atoms with Gasteiger partial charge in [0.1, 0.15) is 5.82 Å². The molecule has 1 fully saturated rings. The molecule has 14 heavy (non-hydrogen) atoms. The SMILES string of the molecule is Fc1ccc2c(c1)nc(Cl)n2C1CC1. The van der Waals surface area contributed by atoms with Crippen LogP contribution in [0.5, 0.6) is 0 Å². The zero-order valence-electron chi connectivity index (χ0n) is 7.37. The normalized spacial score (nSPS) is 16.4. The van der Waals surface area contributed by atoms with E-state index in [0.717, 1.165) is 18.4 Å². The Hall–Kier alpha value is -1.09. The van der Waals surface area contributed by atoms with Gasteiger partial charge in [-0.3, -0.25) is 0 Å². The van der Waals surface area contributed by atoms with Crippen molar-refractivity contribution in [2.24, 2.45) is 0 Å². The number of hydrogen-bond donors (Lipinski definition) is 0. The van der Waals surface area contributed by atoms with Crippen molar-refractivity contribution in [2.75, 3.05) is 0 Å². The Morgan fingerprint density at radius 1 is 1.43 bits per heavy atom. The van der Waals surface area contributed by atoms with Crippen LogP contribution in [0.15, 0.2) is 18.2 Å². The lowest BCUT2D eigenvalue weighted by atomic mass is 10.3. The van der Waals surface area contributed by atoms with E-state index in [1.165, 1.54) is 12.1 Å². The van der Waals surface area contributed by atoms with Crippen molar-refractivity contribution in [2.45, 2.75) is 18.9 Å². The van der Waals surface area contributed by atoms with Crippen molar-refractivity contribution in [3.63, 3.8) is 0 Å². The van der Waals surface area contributed by atoms with Crippen LogP contribution in [-0.2, 0) is 0 Å². The number of imidazole rings is 1. The molecule has 0 atom stereocenters. The molecule has 2 nitrogen and oxygen atoms in total. The molecule has 2 aromatic rings. The summed E-state index contributed by atoms with van der Waals surface area (Å²) < 4.78 is 14.9. The molecular formula is C10H8ClFN2. The molecule has 0 spiro atoms. The molecule has 72 valence electrons. The van der Waals surface area contributed by atoms with Crippen LogP contribution in [0, 0.1) is 5.82 Å². The first-order valence-electron chi connectivity index (χ1n) is 4.59. The van der Waals surface area contributed by atoms with Crippen molar-refractivity contribution < 1.29 is 4.39 Å². The molecule has 1 aliphatic rings. The van der Waals surface area contributed by atoms with Crippen LogP contribution in [0.2, 0.25) is 5.28 Å². The lowest BCUT2D eigenvalue weighted by Gasteiger charge is -2.01. The van der Waals surface area contributed by atoms with Crippen LogP contribution in [-0.4, -0.2) is 9.55 Å². The van der Waals surface area contributed by atoms with E-state index in [2.05, 4.69) is 4.98 Å². The van der Waals surface area contributed by atoms with E-state index in [1.54, 1.807) is 6.07 Å². The summed E-state index contributed by atoms with van der Waals surface area (Å²) in [5, 5.41) is 0.466. The number of halogens is 2. The summed E-state index contributed by atoms with van der Waals surface area (Å²) in [7, 11) is 0. The van der Waals surface area contributed by atoms with Gasteiger partial charge in [-0.1, -0.05) is 0 Å². The second-order valence-electron chi connectivity index (χ2n) is 3.62. The standard InChI is InChI=1S/C10H8ClFN2/c11-10-13-8-5-6(12)1-4-9(8)14(10)7-2-3-7/h1,4-5,7H,2-3H2. The number of benzene rings is 1. The van der Waals surface area contributed by atoms with Crippen molar-refractivity contribution >= 4 is 22.6 Å². The Balaban J connectivity index is 2.32. The lowest BCUT2D eigenvalue weighted by molar-refractivity contribution is 0.629. The predicted octanol–water partition coefficient (Wildman–Crippen LogP) is 3.16. The van der Waals surface area contributed by atoms with Gasteiger partial charge in [0.2, 0.25) is 5.28 Å². The maximum atomic E-state index is 12.9. The molecule has 0 saturated heterocycles. The van der Waals surface area contributed by atoms with Gasteiger partial charge < -0.3 is 4.57 Å². The first-order valence-corrected chi connectivity index (χ1v) is 4.96. The first-order chi connectivity index (χ1) is 6.75. The van der Waals surface area contributed by atoms with Crippen LogP contribution < -0.4 is 0 Å². The molecule has 1 aromatic heterocycles. The monoisotopic (exact) mass is 210 g/mol. The highest BCUT2D eigenvalue weighted by molar-refractivity contribution is 6.29. The van der Waals surface area contributed by atoms with E-state index >= 15 is 0 Å². The average Bonchev–Trinajstić information content (AvgIpc) is 2.89. The molecule has 0 radical (unpaired) electrons. The van der Waals surface area contributed by atoms with Crippen molar-refractivity contribution in [3.05, 3.63) is 29.3 Å². The third-order valence-electron chi connectivity index (χ3n) is 2.52. The van der Waals surface area contributed by atoms with E-state index in [9.17, 15) is 4.39 Å². The molecule has 1 aromatic carbocycles. The Morgan fingerprint density at radius 2 is 2.21 bits per heavy atom. The molecule has 0 N–H and O–H groups in total. The van der Waals surface area contributed by atoms with Gasteiger partial charge in [0.15, 0.2) is 0 Å². The van der Waals surface area contributed by atoms with Gasteiger partial charge in [-0.05, 0) is 36.6 Å². The number of fused-ring (bicyclic) bond motifs is 1. The molecule has 1 saturated carbocycles. The molecular weight excluding hydrogens is 203 g/mol. The number of hydrogen-bond acceptors (Lipinski definition) is 1. The Morgan fingerprint density at radius 3 is 2.93 bits per heavy atom. The van der Waals surface area contributed by atoms with E-state index in [4.69, 9.17) is 11.6 Å². The van der Waals surface area contributed by atoms with Crippen LogP contribution in [0.25, 0.3) is 11.0 Å². The van der Waals surface area contributed by atoms with Gasteiger partial charge in [-0.2, -0.15) is 0 Å². The minimum atomic E-state index is -0.269. The molecule has 0 bridgehead atoms. The highest BCUT2D eigenvalue weighted by Crippen LogP contribution is 2.39. The van der Waals surface area contributed by atoms with Gasteiger partial charge in [0.25, 0.3) is 0 Å². The topological polar surface area (TPSA) is 17.8 Å². The quantitative estimate of drug-likeness (QED) is 0.707. The Kier molecular flexibility index (Phi) is 1.59. The Labute approximate surface area is 85.3 Å². The summed E-state index contributed by atoms with van der Waals surface area (Å²) >= 11 is 5.98. The van der Waals surface area contributed by atoms with Crippen molar-refractivity contribution in [1.29, 1.82) is 0 Å². The minimum Gasteiger partial charge on any atom is -0.312 e. The summed E-state index contributed by atoms with van der Waals surface area (Å²) in [5.74, 6) is -0.269. The summed E-state index contributed by atoms with van der Waals surface area (Å²) in [6.07, 6.45) is 2.28. The molecule has 4 heteroatoms. The zero-order chi connectivity index (χ0) is 9.71. The second-order valence-corrected chi connectivity index (χ2v) is 3.95. The predicted molar refractivity (Wildman–Crippen MR) is 53.0 cm³/mol. The number of aromatic nitrogens is 2. The first kappa shape index (κ1) is 8.24. The molecule has 1 aliphatic carbocycles. The molecule has 0 unspecified atom stereocenters. The highest BCUT2D eigenvalue weighted by Gasteiger charge is 2.27. The molecule has 0 amide bonds.